The Bertz CT molecular complexity index is 1280. The molecule has 4 aromatic rings. The van der Waals surface area contributed by atoms with Gasteiger partial charge in [0.05, 0.1) is 5.69 Å². The van der Waals surface area contributed by atoms with Crippen LogP contribution in [0.25, 0.3) is 17.1 Å². The van der Waals surface area contributed by atoms with Crippen LogP contribution in [0.4, 0.5) is 10.1 Å². The molecule has 0 saturated heterocycles. The van der Waals surface area contributed by atoms with Crippen LogP contribution < -0.4 is 5.32 Å². The second-order valence-electron chi connectivity index (χ2n) is 7.33. The van der Waals surface area contributed by atoms with Crippen molar-refractivity contribution in [1.82, 2.24) is 14.8 Å². The highest BCUT2D eigenvalue weighted by Crippen LogP contribution is 2.27. The van der Waals surface area contributed by atoms with Crippen LogP contribution in [0.2, 0.25) is 5.02 Å². The van der Waals surface area contributed by atoms with Gasteiger partial charge in [0.1, 0.15) is 5.82 Å². The summed E-state index contributed by atoms with van der Waals surface area (Å²) >= 11 is 6.30. The van der Waals surface area contributed by atoms with E-state index >= 15 is 0 Å². The van der Waals surface area contributed by atoms with Gasteiger partial charge in [0.2, 0.25) is 5.82 Å². The van der Waals surface area contributed by atoms with Crippen molar-refractivity contribution in [2.75, 3.05) is 5.32 Å². The molecule has 0 aliphatic heterocycles. The third-order valence-electron chi connectivity index (χ3n) is 5.02. The number of halogens is 2. The van der Waals surface area contributed by atoms with Gasteiger partial charge < -0.3 is 5.32 Å². The van der Waals surface area contributed by atoms with Gasteiger partial charge in [-0.15, -0.1) is 5.10 Å². The molecular weight excluding hydrogens is 415 g/mol. The topological polar surface area (TPSA) is 59.8 Å². The van der Waals surface area contributed by atoms with Gasteiger partial charge in [0, 0.05) is 16.3 Å². The molecule has 0 aliphatic carbocycles. The van der Waals surface area contributed by atoms with Crippen LogP contribution in [0.5, 0.6) is 0 Å². The number of nitrogens with one attached hydrogen (secondary N) is 1. The second kappa shape index (κ2) is 8.32. The first-order valence-corrected chi connectivity index (χ1v) is 10.1. The average molecular weight is 435 g/mol. The Labute approximate surface area is 184 Å². The Morgan fingerprint density at radius 3 is 2.52 bits per heavy atom. The van der Waals surface area contributed by atoms with Gasteiger partial charge in [-0.3, -0.25) is 4.79 Å². The van der Waals surface area contributed by atoms with E-state index in [0.717, 1.165) is 16.7 Å². The first-order valence-electron chi connectivity index (χ1n) is 9.70. The summed E-state index contributed by atoms with van der Waals surface area (Å²) in [6.07, 6.45) is 0. The minimum absolute atomic E-state index is 0.000364. The number of hydrogen-bond donors (Lipinski definition) is 1. The summed E-state index contributed by atoms with van der Waals surface area (Å²) in [6.45, 7) is 5.74. The molecule has 4 rings (SSSR count). The van der Waals surface area contributed by atoms with Gasteiger partial charge in [-0.1, -0.05) is 29.8 Å². The number of anilines is 1. The minimum Gasteiger partial charge on any atom is -0.319 e. The number of benzene rings is 3. The van der Waals surface area contributed by atoms with E-state index in [2.05, 4.69) is 15.4 Å². The number of nitrogens with zero attached hydrogens (tertiary/aromatic N) is 3. The van der Waals surface area contributed by atoms with Gasteiger partial charge in [0.15, 0.2) is 5.82 Å². The fourth-order valence-corrected chi connectivity index (χ4v) is 3.41. The first-order chi connectivity index (χ1) is 14.8. The zero-order valence-electron chi connectivity index (χ0n) is 17.3. The smallest absolute Gasteiger partial charge is 0.295 e. The molecule has 3 aromatic carbocycles. The van der Waals surface area contributed by atoms with E-state index in [1.54, 1.807) is 28.9 Å². The van der Waals surface area contributed by atoms with Gasteiger partial charge in [0.25, 0.3) is 5.91 Å². The Morgan fingerprint density at radius 2 is 1.77 bits per heavy atom. The molecule has 0 radical (unpaired) electrons. The number of aryl methyl sites for hydroxylation is 2. The molecule has 0 saturated carbocycles. The molecule has 1 amide bonds. The monoisotopic (exact) mass is 434 g/mol. The maximum absolute atomic E-state index is 13.5. The molecule has 0 spiro atoms. The highest BCUT2D eigenvalue weighted by molar-refractivity contribution is 6.31. The Kier molecular flexibility index (Phi) is 5.57. The molecule has 0 fully saturated rings. The predicted molar refractivity (Wildman–Crippen MR) is 120 cm³/mol. The van der Waals surface area contributed by atoms with Crippen molar-refractivity contribution < 1.29 is 9.18 Å². The molecular formula is C24H20ClFN4O. The van der Waals surface area contributed by atoms with Gasteiger partial charge in [-0.2, -0.15) is 0 Å². The summed E-state index contributed by atoms with van der Waals surface area (Å²) < 4.78 is 15.0. The Balaban J connectivity index is 1.81. The number of rotatable bonds is 4. The van der Waals surface area contributed by atoms with E-state index in [0.29, 0.717) is 27.8 Å². The van der Waals surface area contributed by atoms with Crippen LogP contribution in [0.15, 0.2) is 60.7 Å². The van der Waals surface area contributed by atoms with Crippen LogP contribution in [0.1, 0.15) is 27.3 Å². The van der Waals surface area contributed by atoms with Crippen molar-refractivity contribution in [2.24, 2.45) is 0 Å². The van der Waals surface area contributed by atoms with Crippen molar-refractivity contribution in [3.05, 3.63) is 94.0 Å². The van der Waals surface area contributed by atoms with E-state index < -0.39 is 5.91 Å². The predicted octanol–water partition coefficient (Wildman–Crippen LogP) is 5.90. The van der Waals surface area contributed by atoms with Crippen molar-refractivity contribution in [2.45, 2.75) is 20.8 Å². The summed E-state index contributed by atoms with van der Waals surface area (Å²) in [7, 11) is 0. The SMILES string of the molecule is Cc1ccc(C)c(NC(=O)c2nc(-c3ccc(F)cc3)n(-c3cccc(Cl)c3C)n2)c1. The minimum atomic E-state index is -0.435. The van der Waals surface area contributed by atoms with E-state index in [1.165, 1.54) is 12.1 Å². The highest BCUT2D eigenvalue weighted by Gasteiger charge is 2.21. The summed E-state index contributed by atoms with van der Waals surface area (Å²) in [5.41, 5.74) is 4.76. The van der Waals surface area contributed by atoms with E-state index in [-0.39, 0.29) is 11.6 Å². The number of hydrogen-bond acceptors (Lipinski definition) is 3. The second-order valence-corrected chi connectivity index (χ2v) is 7.74. The summed E-state index contributed by atoms with van der Waals surface area (Å²) in [4.78, 5) is 17.5. The fraction of sp³-hybridized carbons (Fsp3) is 0.125. The van der Waals surface area contributed by atoms with Crippen molar-refractivity contribution in [3.8, 4) is 17.1 Å². The standard InChI is InChI=1S/C24H20ClFN4O/c1-14-7-8-15(2)20(13-14)27-24(31)22-28-23(17-9-11-18(26)12-10-17)30(29-22)21-6-4-5-19(25)16(21)3/h4-13H,1-3H3,(H,27,31). The van der Waals surface area contributed by atoms with Gasteiger partial charge in [-0.25, -0.2) is 14.1 Å². The average Bonchev–Trinajstić information content (AvgIpc) is 3.18. The molecule has 0 atom stereocenters. The first kappa shape index (κ1) is 20.8. The maximum atomic E-state index is 13.5. The number of amides is 1. The lowest BCUT2D eigenvalue weighted by atomic mass is 10.1. The Hall–Kier alpha value is -3.51. The molecule has 5 nitrogen and oxygen atoms in total. The van der Waals surface area contributed by atoms with Crippen LogP contribution >= 0.6 is 11.6 Å². The van der Waals surface area contributed by atoms with E-state index in [1.807, 2.05) is 45.0 Å². The molecule has 0 bridgehead atoms. The summed E-state index contributed by atoms with van der Waals surface area (Å²) in [6, 6.07) is 17.1. The number of carbonyl (C=O) groups is 1. The zero-order valence-corrected chi connectivity index (χ0v) is 18.0. The third kappa shape index (κ3) is 4.20. The molecule has 1 aromatic heterocycles. The van der Waals surface area contributed by atoms with Crippen LogP contribution in [-0.4, -0.2) is 20.7 Å². The number of aromatic nitrogens is 3. The third-order valence-corrected chi connectivity index (χ3v) is 5.43. The lowest BCUT2D eigenvalue weighted by Gasteiger charge is -2.10. The number of carbonyl (C=O) groups excluding carboxylic acids is 1. The molecule has 156 valence electrons. The summed E-state index contributed by atoms with van der Waals surface area (Å²) in [5, 5.41) is 7.92. The highest BCUT2D eigenvalue weighted by atomic mass is 35.5. The molecule has 1 N–H and O–H groups in total. The quantitative estimate of drug-likeness (QED) is 0.434. The Morgan fingerprint density at radius 1 is 1.03 bits per heavy atom. The largest absolute Gasteiger partial charge is 0.319 e. The molecule has 1 heterocycles. The molecule has 0 unspecified atom stereocenters. The van der Waals surface area contributed by atoms with Gasteiger partial charge >= 0.3 is 0 Å². The van der Waals surface area contributed by atoms with Crippen LogP contribution in [0, 0.1) is 26.6 Å². The van der Waals surface area contributed by atoms with E-state index in [4.69, 9.17) is 11.6 Å². The maximum Gasteiger partial charge on any atom is 0.295 e. The molecule has 0 aliphatic rings. The molecule has 31 heavy (non-hydrogen) atoms. The summed E-state index contributed by atoms with van der Waals surface area (Å²) in [5.74, 6) is -0.381. The van der Waals surface area contributed by atoms with E-state index in [9.17, 15) is 9.18 Å². The van der Waals surface area contributed by atoms with Crippen molar-refractivity contribution >= 4 is 23.2 Å². The van der Waals surface area contributed by atoms with Crippen molar-refractivity contribution in [1.29, 1.82) is 0 Å². The fourth-order valence-electron chi connectivity index (χ4n) is 3.24. The molecule has 7 heteroatoms. The van der Waals surface area contributed by atoms with Crippen LogP contribution in [0.3, 0.4) is 0 Å². The van der Waals surface area contributed by atoms with Crippen LogP contribution in [-0.2, 0) is 0 Å². The van der Waals surface area contributed by atoms with Crippen molar-refractivity contribution in [3.63, 3.8) is 0 Å². The lowest BCUT2D eigenvalue weighted by Crippen LogP contribution is -2.15. The lowest BCUT2D eigenvalue weighted by molar-refractivity contribution is 0.101. The normalized spacial score (nSPS) is 10.9. The zero-order chi connectivity index (χ0) is 22.1. The van der Waals surface area contributed by atoms with Gasteiger partial charge in [-0.05, 0) is 79.9 Å².